The number of benzene rings is 2. The third kappa shape index (κ3) is 4.36. The summed E-state index contributed by atoms with van der Waals surface area (Å²) in [6, 6.07) is 12.4. The van der Waals surface area contributed by atoms with Gasteiger partial charge in [0.1, 0.15) is 11.9 Å². The highest BCUT2D eigenvalue weighted by molar-refractivity contribution is 5.77. The van der Waals surface area contributed by atoms with Gasteiger partial charge in [-0.1, -0.05) is 6.07 Å². The van der Waals surface area contributed by atoms with E-state index in [2.05, 4.69) is 20.6 Å². The molecule has 2 aromatic heterocycles. The number of nitrogens with one attached hydrogen (secondary N) is 2. The van der Waals surface area contributed by atoms with E-state index in [1.807, 2.05) is 24.3 Å². The first-order valence-corrected chi connectivity index (χ1v) is 10.9. The average Bonchev–Trinajstić information content (AvgIpc) is 3.08. The van der Waals surface area contributed by atoms with Crippen molar-refractivity contribution in [1.29, 1.82) is 5.26 Å². The van der Waals surface area contributed by atoms with E-state index in [4.69, 9.17) is 0 Å². The fourth-order valence-corrected chi connectivity index (χ4v) is 4.25. The molecule has 0 saturated carbocycles. The van der Waals surface area contributed by atoms with E-state index in [1.165, 1.54) is 29.5 Å². The molecular formula is C24H20F3N7O. The molecule has 0 bridgehead atoms. The first kappa shape index (κ1) is 22.6. The third-order valence-corrected chi connectivity index (χ3v) is 5.93. The van der Waals surface area contributed by atoms with Crippen molar-refractivity contribution in [2.75, 3.05) is 11.9 Å². The summed E-state index contributed by atoms with van der Waals surface area (Å²) in [5.41, 5.74) is 3.54. The molecule has 0 saturated heterocycles. The monoisotopic (exact) mass is 479 g/mol. The van der Waals surface area contributed by atoms with Crippen LogP contribution in [0.15, 0.2) is 47.4 Å². The molecule has 0 radical (unpaired) electrons. The van der Waals surface area contributed by atoms with Crippen LogP contribution in [0, 0.1) is 18.3 Å². The molecule has 5 rings (SSSR count). The maximum atomic E-state index is 13.4. The van der Waals surface area contributed by atoms with Gasteiger partial charge in [-0.15, -0.1) is 0 Å². The van der Waals surface area contributed by atoms with E-state index in [9.17, 15) is 23.2 Å². The Bertz CT molecular complexity index is 1550. The Labute approximate surface area is 197 Å². The molecule has 4 aromatic rings. The molecule has 1 aliphatic heterocycles. The van der Waals surface area contributed by atoms with E-state index in [1.54, 1.807) is 13.0 Å². The van der Waals surface area contributed by atoms with Crippen LogP contribution >= 0.6 is 0 Å². The van der Waals surface area contributed by atoms with E-state index < -0.39 is 18.3 Å². The largest absolute Gasteiger partial charge is 0.408 e. The second-order valence-electron chi connectivity index (χ2n) is 8.37. The van der Waals surface area contributed by atoms with Crippen molar-refractivity contribution >= 4 is 22.7 Å². The normalized spacial score (nSPS) is 13.5. The van der Waals surface area contributed by atoms with Gasteiger partial charge in [-0.3, -0.25) is 4.79 Å². The molecule has 1 aliphatic rings. The van der Waals surface area contributed by atoms with Gasteiger partial charge in [-0.05, 0) is 66.9 Å². The first-order valence-electron chi connectivity index (χ1n) is 10.9. The molecule has 2 aromatic carbocycles. The topological polar surface area (TPSA) is 101 Å². The summed E-state index contributed by atoms with van der Waals surface area (Å²) >= 11 is 0. The molecule has 35 heavy (non-hydrogen) atoms. The molecule has 0 unspecified atom stereocenters. The minimum atomic E-state index is -4.63. The summed E-state index contributed by atoms with van der Waals surface area (Å²) in [7, 11) is 0. The number of hydrogen-bond donors (Lipinski definition) is 2. The maximum Gasteiger partial charge on any atom is 0.408 e. The van der Waals surface area contributed by atoms with Crippen molar-refractivity contribution in [1.82, 2.24) is 24.6 Å². The molecule has 0 atom stereocenters. The number of aromatic nitrogens is 4. The van der Waals surface area contributed by atoms with Crippen molar-refractivity contribution in [2.45, 2.75) is 32.6 Å². The van der Waals surface area contributed by atoms with Crippen LogP contribution in [0.5, 0.6) is 0 Å². The van der Waals surface area contributed by atoms with E-state index in [0.29, 0.717) is 15.8 Å². The van der Waals surface area contributed by atoms with Crippen molar-refractivity contribution < 1.29 is 13.2 Å². The predicted molar refractivity (Wildman–Crippen MR) is 124 cm³/mol. The van der Waals surface area contributed by atoms with Gasteiger partial charge in [0.2, 0.25) is 5.95 Å². The second-order valence-corrected chi connectivity index (χ2v) is 8.37. The van der Waals surface area contributed by atoms with Gasteiger partial charge in [0.05, 0.1) is 17.3 Å². The number of anilines is 2. The van der Waals surface area contributed by atoms with Crippen LogP contribution in [0.25, 0.3) is 16.7 Å². The number of alkyl halides is 3. The highest BCUT2D eigenvalue weighted by Gasteiger charge is 2.32. The molecule has 0 aliphatic carbocycles. The van der Waals surface area contributed by atoms with Crippen molar-refractivity contribution in [3.05, 3.63) is 75.2 Å². The number of halogens is 3. The lowest BCUT2D eigenvalue weighted by Gasteiger charge is -2.18. The van der Waals surface area contributed by atoms with E-state index >= 15 is 0 Å². The molecule has 3 heterocycles. The highest BCUT2D eigenvalue weighted by atomic mass is 19.4. The Hall–Kier alpha value is -4.17. The smallest absolute Gasteiger partial charge is 0.324 e. The van der Waals surface area contributed by atoms with Gasteiger partial charge in [-0.2, -0.15) is 23.4 Å². The SMILES string of the molecule is Cc1cc(-n2c3nc(Nc4ccc5c(c4)CCNC5)ncc3c(=O)n2CC(F)(F)F)ccc1C#N. The number of nitriles is 1. The summed E-state index contributed by atoms with van der Waals surface area (Å²) in [5.74, 6) is 0.148. The van der Waals surface area contributed by atoms with Gasteiger partial charge >= 0.3 is 6.18 Å². The maximum absolute atomic E-state index is 13.4. The zero-order valence-corrected chi connectivity index (χ0v) is 18.6. The molecule has 11 heteroatoms. The second kappa shape index (κ2) is 8.56. The summed E-state index contributed by atoms with van der Waals surface area (Å²) < 4.78 is 41.9. The minimum absolute atomic E-state index is 0.0306. The number of rotatable bonds is 4. The lowest BCUT2D eigenvalue weighted by Crippen LogP contribution is -2.30. The third-order valence-electron chi connectivity index (χ3n) is 5.93. The molecule has 0 amide bonds. The lowest BCUT2D eigenvalue weighted by atomic mass is 10.0. The predicted octanol–water partition coefficient (Wildman–Crippen LogP) is 3.71. The van der Waals surface area contributed by atoms with Gasteiger partial charge < -0.3 is 10.6 Å². The quantitative estimate of drug-likeness (QED) is 0.463. The summed E-state index contributed by atoms with van der Waals surface area (Å²) in [5, 5.41) is 15.6. The van der Waals surface area contributed by atoms with Gasteiger partial charge in [0, 0.05) is 18.4 Å². The standard InChI is InChI=1S/C24H20F3N7O/c1-14-8-19(5-3-16(14)10-28)34-21-20(22(35)33(34)13-24(25,26)27)12-30-23(32-21)31-18-4-2-17-11-29-7-6-15(17)9-18/h2-5,8-9,12,29H,6-7,11,13H2,1H3,(H,30,31,32). The van der Waals surface area contributed by atoms with Crippen molar-refractivity contribution in [2.24, 2.45) is 0 Å². The van der Waals surface area contributed by atoms with Crippen molar-refractivity contribution in [3.63, 3.8) is 0 Å². The zero-order chi connectivity index (χ0) is 24.7. The van der Waals surface area contributed by atoms with E-state index in [-0.39, 0.29) is 22.7 Å². The Kier molecular flexibility index (Phi) is 5.53. The van der Waals surface area contributed by atoms with Gasteiger partial charge in [0.25, 0.3) is 5.56 Å². The van der Waals surface area contributed by atoms with Crippen molar-refractivity contribution in [3.8, 4) is 11.8 Å². The minimum Gasteiger partial charge on any atom is -0.324 e. The lowest BCUT2D eigenvalue weighted by molar-refractivity contribution is -0.144. The van der Waals surface area contributed by atoms with Crippen LogP contribution in [0.2, 0.25) is 0 Å². The van der Waals surface area contributed by atoms with Crippen LogP contribution in [0.3, 0.4) is 0 Å². The number of aryl methyl sites for hydroxylation is 1. The van der Waals surface area contributed by atoms with E-state index in [0.717, 1.165) is 29.9 Å². The van der Waals surface area contributed by atoms with Crippen LogP contribution in [-0.4, -0.2) is 32.1 Å². The fourth-order valence-electron chi connectivity index (χ4n) is 4.25. The molecule has 0 spiro atoms. The Morgan fingerprint density at radius 3 is 2.77 bits per heavy atom. The Morgan fingerprint density at radius 1 is 1.20 bits per heavy atom. The van der Waals surface area contributed by atoms with Crippen LogP contribution in [-0.2, 0) is 19.5 Å². The Balaban J connectivity index is 1.64. The number of nitrogens with zero attached hydrogens (tertiary/aromatic N) is 5. The summed E-state index contributed by atoms with van der Waals surface area (Å²) in [6.45, 7) is 1.85. The first-order chi connectivity index (χ1) is 16.7. The summed E-state index contributed by atoms with van der Waals surface area (Å²) in [4.78, 5) is 21.5. The molecule has 0 fully saturated rings. The Morgan fingerprint density at radius 2 is 2.03 bits per heavy atom. The molecule has 178 valence electrons. The van der Waals surface area contributed by atoms with Crippen LogP contribution < -0.4 is 16.2 Å². The number of fused-ring (bicyclic) bond motifs is 2. The highest BCUT2D eigenvalue weighted by Crippen LogP contribution is 2.25. The fraction of sp³-hybridized carbons (Fsp3) is 0.250. The number of hydrogen-bond acceptors (Lipinski definition) is 6. The molecule has 8 nitrogen and oxygen atoms in total. The molecular weight excluding hydrogens is 459 g/mol. The zero-order valence-electron chi connectivity index (χ0n) is 18.6. The molecule has 2 N–H and O–H groups in total. The average molecular weight is 479 g/mol. The van der Waals surface area contributed by atoms with Gasteiger partial charge in [-0.25, -0.2) is 14.3 Å². The summed E-state index contributed by atoms with van der Waals surface area (Å²) in [6.07, 6.45) is -2.53. The van der Waals surface area contributed by atoms with Crippen LogP contribution in [0.4, 0.5) is 24.8 Å². The van der Waals surface area contributed by atoms with Crippen LogP contribution in [0.1, 0.15) is 22.3 Å². The van der Waals surface area contributed by atoms with Gasteiger partial charge in [0.15, 0.2) is 5.65 Å².